The number of nitrogens with zero attached hydrogens (tertiary/aromatic N) is 2. The van der Waals surface area contributed by atoms with Gasteiger partial charge in [-0.2, -0.15) is 0 Å². The van der Waals surface area contributed by atoms with Crippen LogP contribution in [0.25, 0.3) is 0 Å². The number of rotatable bonds is 49. The lowest BCUT2D eigenvalue weighted by molar-refractivity contribution is -0.146. The Kier molecular flexibility index (Phi) is 45.1. The number of nitrogens with one attached hydrogen (secondary N) is 1. The summed E-state index contributed by atoms with van der Waals surface area (Å²) in [5, 5.41) is 3.04. The van der Waals surface area contributed by atoms with Crippen LogP contribution in [-0.4, -0.2) is 98.6 Å². The Hall–Kier alpha value is -2.69. The van der Waals surface area contributed by atoms with Gasteiger partial charge in [0.1, 0.15) is 6.04 Å². The molecule has 0 saturated heterocycles. The number of carbonyl (C=O) groups excluding carboxylic acids is 5. The molecule has 0 radical (unpaired) electrons. The number of unbranched alkanes of at least 4 members (excludes halogenated alkanes) is 17. The van der Waals surface area contributed by atoms with E-state index in [1.54, 1.807) is 0 Å². The molecule has 0 aromatic carbocycles. The van der Waals surface area contributed by atoms with Gasteiger partial charge in [-0.05, 0) is 95.7 Å². The highest BCUT2D eigenvalue weighted by Crippen LogP contribution is 2.21. The van der Waals surface area contributed by atoms with Crippen molar-refractivity contribution in [3.05, 3.63) is 0 Å². The smallest absolute Gasteiger partial charge is 0.305 e. The third kappa shape index (κ3) is 37.8. The molecule has 0 aliphatic carbocycles. The van der Waals surface area contributed by atoms with Gasteiger partial charge in [-0.1, -0.05) is 170 Å². The van der Waals surface area contributed by atoms with Gasteiger partial charge >= 0.3 is 17.9 Å². The van der Waals surface area contributed by atoms with Crippen molar-refractivity contribution < 1.29 is 38.2 Å². The van der Waals surface area contributed by atoms with Gasteiger partial charge in [0.2, 0.25) is 11.8 Å². The molecule has 2 amide bonds. The van der Waals surface area contributed by atoms with Crippen molar-refractivity contribution in [1.82, 2.24) is 15.1 Å². The summed E-state index contributed by atoms with van der Waals surface area (Å²) in [6.07, 6.45) is 32.4. The fourth-order valence-electron chi connectivity index (χ4n) is 8.98. The normalized spacial score (nSPS) is 12.7. The summed E-state index contributed by atoms with van der Waals surface area (Å²) >= 11 is 0. The third-order valence-electron chi connectivity index (χ3n) is 13.6. The Labute approximate surface area is 412 Å². The Bertz CT molecular complexity index is 1200. The molecule has 0 aliphatic heterocycles. The number of hydrogen-bond acceptors (Lipinski definition) is 9. The van der Waals surface area contributed by atoms with Crippen molar-refractivity contribution in [1.29, 1.82) is 0 Å². The standard InChI is InChI=1S/C56H107N3O8/c1-8-14-18-27-37-49(35-16-10-3)47-66-54(62)41-31-25-21-20-23-29-39-51(56(64)57-44-33-43-53(61)65-7)59(46-34-45-58(12-5)13-6)52(60)40-30-24-22-26-32-42-55(63)67-48-50(36-17-11-4)38-28-19-15-9-2/h49-51H,8-48H2,1-7H3,(H,57,64). The van der Waals surface area contributed by atoms with Gasteiger partial charge in [-0.25, -0.2) is 0 Å². The minimum Gasteiger partial charge on any atom is -0.469 e. The number of amides is 2. The monoisotopic (exact) mass is 950 g/mol. The van der Waals surface area contributed by atoms with Crippen molar-refractivity contribution in [2.24, 2.45) is 11.8 Å². The summed E-state index contributed by atoms with van der Waals surface area (Å²) in [4.78, 5) is 69.1. The second-order valence-corrected chi connectivity index (χ2v) is 19.5. The first-order chi connectivity index (χ1) is 32.6. The van der Waals surface area contributed by atoms with E-state index in [-0.39, 0.29) is 36.1 Å². The maximum Gasteiger partial charge on any atom is 0.305 e. The van der Waals surface area contributed by atoms with Crippen LogP contribution in [0.3, 0.4) is 0 Å². The molecule has 0 saturated carbocycles. The van der Waals surface area contributed by atoms with E-state index < -0.39 is 6.04 Å². The van der Waals surface area contributed by atoms with Gasteiger partial charge in [0.05, 0.1) is 20.3 Å². The maximum absolute atomic E-state index is 14.1. The maximum atomic E-state index is 14.1. The first-order valence-corrected chi connectivity index (χ1v) is 28.3. The molecule has 394 valence electrons. The minimum atomic E-state index is -0.575. The average Bonchev–Trinajstić information content (AvgIpc) is 3.33. The summed E-state index contributed by atoms with van der Waals surface area (Å²) in [6.45, 7) is 17.9. The van der Waals surface area contributed by atoms with E-state index in [1.165, 1.54) is 77.7 Å². The van der Waals surface area contributed by atoms with E-state index in [2.05, 4.69) is 51.8 Å². The second-order valence-electron chi connectivity index (χ2n) is 19.5. The number of esters is 3. The third-order valence-corrected chi connectivity index (χ3v) is 13.6. The number of ether oxygens (including phenoxy) is 3. The van der Waals surface area contributed by atoms with Crippen molar-refractivity contribution in [3.63, 3.8) is 0 Å². The first-order valence-electron chi connectivity index (χ1n) is 28.3. The van der Waals surface area contributed by atoms with E-state index in [9.17, 15) is 24.0 Å². The van der Waals surface area contributed by atoms with Crippen LogP contribution in [0.5, 0.6) is 0 Å². The van der Waals surface area contributed by atoms with E-state index >= 15 is 0 Å². The predicted molar refractivity (Wildman–Crippen MR) is 277 cm³/mol. The van der Waals surface area contributed by atoms with Crippen LogP contribution in [0.15, 0.2) is 0 Å². The molecule has 3 atom stereocenters. The molecule has 11 heteroatoms. The summed E-state index contributed by atoms with van der Waals surface area (Å²) in [5.74, 6) is 0.334. The lowest BCUT2D eigenvalue weighted by Gasteiger charge is -2.32. The van der Waals surface area contributed by atoms with Crippen molar-refractivity contribution in [3.8, 4) is 0 Å². The lowest BCUT2D eigenvalue weighted by Crippen LogP contribution is -2.50. The van der Waals surface area contributed by atoms with Crippen LogP contribution in [0, 0.1) is 11.8 Å². The Balaban J connectivity index is 5.23. The highest BCUT2D eigenvalue weighted by atomic mass is 16.5. The molecule has 0 aromatic rings. The van der Waals surface area contributed by atoms with Crippen LogP contribution >= 0.6 is 0 Å². The fraction of sp³-hybridized carbons (Fsp3) is 0.911. The molecule has 1 N–H and O–H groups in total. The topological polar surface area (TPSA) is 132 Å². The molecule has 11 nitrogen and oxygen atoms in total. The molecular formula is C56H107N3O8. The highest BCUT2D eigenvalue weighted by Gasteiger charge is 2.29. The largest absolute Gasteiger partial charge is 0.469 e. The Morgan fingerprint density at radius 3 is 1.33 bits per heavy atom. The molecule has 0 aromatic heterocycles. The SMILES string of the molecule is CCCCCCC(CCCC)COC(=O)CCCCCCCCC(C(=O)NCCCC(=O)OC)N(CCCN(CC)CC)C(=O)CCCCCCCC(=O)OCC(CCCC)CCCCCC. The quantitative estimate of drug-likeness (QED) is 0.0360. The summed E-state index contributed by atoms with van der Waals surface area (Å²) in [5.41, 5.74) is 0. The van der Waals surface area contributed by atoms with Gasteiger partial charge in [0.25, 0.3) is 0 Å². The fourth-order valence-corrected chi connectivity index (χ4v) is 8.98. The molecular weight excluding hydrogens is 843 g/mol. The van der Waals surface area contributed by atoms with E-state index in [0.29, 0.717) is 70.2 Å². The van der Waals surface area contributed by atoms with Crippen LogP contribution in [0.4, 0.5) is 0 Å². The van der Waals surface area contributed by atoms with Crippen LogP contribution < -0.4 is 5.32 Å². The predicted octanol–water partition coefficient (Wildman–Crippen LogP) is 13.5. The average molecular weight is 950 g/mol. The van der Waals surface area contributed by atoms with Gasteiger partial charge < -0.3 is 29.3 Å². The molecule has 67 heavy (non-hydrogen) atoms. The number of methoxy groups -OCH3 is 1. The zero-order valence-corrected chi connectivity index (χ0v) is 44.9. The van der Waals surface area contributed by atoms with Gasteiger partial charge in [0, 0.05) is 38.8 Å². The van der Waals surface area contributed by atoms with E-state index in [1.807, 2.05) is 4.90 Å². The summed E-state index contributed by atoms with van der Waals surface area (Å²) in [6, 6.07) is -0.575. The minimum absolute atomic E-state index is 0.0187. The summed E-state index contributed by atoms with van der Waals surface area (Å²) in [7, 11) is 1.37. The number of hydrogen-bond donors (Lipinski definition) is 1. The van der Waals surface area contributed by atoms with Gasteiger partial charge in [-0.15, -0.1) is 0 Å². The molecule has 0 bridgehead atoms. The van der Waals surface area contributed by atoms with Crippen molar-refractivity contribution in [2.45, 2.75) is 266 Å². The Morgan fingerprint density at radius 1 is 0.433 bits per heavy atom. The second kappa shape index (κ2) is 47.0. The molecule has 0 heterocycles. The zero-order valence-electron chi connectivity index (χ0n) is 44.9. The van der Waals surface area contributed by atoms with E-state index in [0.717, 1.165) is 129 Å². The molecule has 0 aliphatic rings. The van der Waals surface area contributed by atoms with E-state index in [4.69, 9.17) is 14.2 Å². The first kappa shape index (κ1) is 64.3. The van der Waals surface area contributed by atoms with Crippen LogP contribution in [-0.2, 0) is 38.2 Å². The van der Waals surface area contributed by atoms with Crippen LogP contribution in [0.1, 0.15) is 260 Å². The summed E-state index contributed by atoms with van der Waals surface area (Å²) < 4.78 is 16.3. The molecule has 0 rings (SSSR count). The molecule has 3 unspecified atom stereocenters. The number of carbonyl (C=O) groups is 5. The van der Waals surface area contributed by atoms with Crippen molar-refractivity contribution >= 4 is 29.7 Å². The lowest BCUT2D eigenvalue weighted by atomic mass is 9.96. The van der Waals surface area contributed by atoms with Crippen LogP contribution in [0.2, 0.25) is 0 Å². The zero-order chi connectivity index (χ0) is 49.6. The highest BCUT2D eigenvalue weighted by molar-refractivity contribution is 5.87. The van der Waals surface area contributed by atoms with Gasteiger partial charge in [-0.3, -0.25) is 24.0 Å². The molecule has 0 spiro atoms. The Morgan fingerprint density at radius 2 is 0.851 bits per heavy atom. The van der Waals surface area contributed by atoms with Crippen molar-refractivity contribution in [2.75, 3.05) is 53.0 Å². The van der Waals surface area contributed by atoms with Gasteiger partial charge in [0.15, 0.2) is 0 Å². The molecule has 0 fully saturated rings.